The molecule has 0 aromatic carbocycles. The molecule has 0 aliphatic rings. The molecule has 0 rings (SSSR count). The summed E-state index contributed by atoms with van der Waals surface area (Å²) >= 11 is 0. The molecule has 0 aromatic heterocycles. The SMILES string of the molecule is [CH3-].[Y].[Y].[Y].[Y].[Y].[Y].[Y].[Y].[Y].[Y].[Y].[Y].[Y].[Y].[Y].[Y].[Y].[Y].[Y].[Y].[Y].[Y].[Y].[Y].[Y].[Y].[Y].[Y].[Y].[Y].[Y].[Y].[Y].[Y].[Y].[Y].[Y].[Y].[Y].[Y].[Y].[Y].[Y].[Y].[Y].[Y].[Y].[Y].[Y].[Y].[Y].[Y].[Y].[Y]. The molecule has 0 fully saturated rings. The van der Waals surface area contributed by atoms with E-state index in [2.05, 4.69) is 0 Å². The Morgan fingerprint density at radius 1 is 0.0364 bits per heavy atom. The van der Waals surface area contributed by atoms with Crippen molar-refractivity contribution in [1.82, 2.24) is 0 Å². The fourth-order valence-electron chi connectivity index (χ4n) is 0. The van der Waals surface area contributed by atoms with Gasteiger partial charge < -0.3 is 7.43 Å². The van der Waals surface area contributed by atoms with Crippen LogP contribution < -0.4 is 0 Å². The summed E-state index contributed by atoms with van der Waals surface area (Å²) in [6.45, 7) is 0. The van der Waals surface area contributed by atoms with Gasteiger partial charge in [-0.1, -0.05) is 0 Å². The number of rotatable bonds is 0. The first-order chi connectivity index (χ1) is 0. The zero-order valence-corrected chi connectivity index (χ0v) is 185. The van der Waals surface area contributed by atoms with Crippen LogP contribution >= 0.6 is 0 Å². The molecule has 0 N–H and O–H groups in total. The first-order valence-electron chi connectivity index (χ1n) is 0. The summed E-state index contributed by atoms with van der Waals surface area (Å²) in [5, 5.41) is 0. The molecule has 0 aliphatic carbocycles. The van der Waals surface area contributed by atoms with E-state index in [1.807, 2.05) is 0 Å². The predicted molar refractivity (Wildman–Crippen MR) is 6.41 cm³/mol. The first kappa shape index (κ1) is 416. The van der Waals surface area contributed by atoms with Gasteiger partial charge in [0.2, 0.25) is 0 Å². The second-order valence-electron chi connectivity index (χ2n) is 0. The van der Waals surface area contributed by atoms with E-state index in [-0.39, 0.29) is 1770 Å². The largest absolute Gasteiger partial charge is 0.358 e. The minimum Gasteiger partial charge on any atom is -0.358 e. The van der Waals surface area contributed by atoms with Gasteiger partial charge in [-0.15, -0.1) is 0 Å². The van der Waals surface area contributed by atoms with Crippen LogP contribution in [0.4, 0.5) is 0 Å². The molecule has 0 aromatic rings. The maximum atomic E-state index is 0. The van der Waals surface area contributed by atoms with Crippen molar-refractivity contribution < 1.29 is 1770 Å². The van der Waals surface area contributed by atoms with Gasteiger partial charge in [0.25, 0.3) is 0 Å². The molecule has 0 saturated carbocycles. The van der Waals surface area contributed by atoms with Crippen molar-refractivity contribution in [3.63, 3.8) is 0 Å². The molecule has 0 spiro atoms. The van der Waals surface area contributed by atoms with Crippen LogP contribution in [0.3, 0.4) is 0 Å². The molecule has 0 bridgehead atoms. The molecule has 0 amide bonds. The van der Waals surface area contributed by atoms with Gasteiger partial charge in [0.15, 0.2) is 0 Å². The van der Waals surface area contributed by atoms with Crippen molar-refractivity contribution in [3.8, 4) is 0 Å². The Hall–Kier alpha value is 59.6. The molecule has 0 unspecified atom stereocenters. The standard InChI is InChI=1S/CH3.54Y/h1H3;;;;;;;;;;;;;;;;;;;;;;;;;;;;;;;;;;;;;;;;;;;;;;;;;;;;;;/q-1;;;;;;;;;;;;;;;;;;;;;;;;;;;;;;;;;;;;;;;;;;;;;;;;;;;;;;. The summed E-state index contributed by atoms with van der Waals surface area (Å²) < 4.78 is 0. The van der Waals surface area contributed by atoms with Crippen LogP contribution in [0, 0.1) is 7.43 Å². The van der Waals surface area contributed by atoms with Gasteiger partial charge in [0, 0.05) is 1770 Å². The van der Waals surface area contributed by atoms with Crippen molar-refractivity contribution in [3.05, 3.63) is 7.43 Å². The number of hydrogen-bond acceptors (Lipinski definition) is 0. The van der Waals surface area contributed by atoms with Gasteiger partial charge in [-0.3, -0.25) is 0 Å². The quantitative estimate of drug-likeness (QED) is 0.307. The van der Waals surface area contributed by atoms with Gasteiger partial charge in [0.05, 0.1) is 0 Å². The summed E-state index contributed by atoms with van der Waals surface area (Å²) in [6, 6.07) is 0. The van der Waals surface area contributed by atoms with Gasteiger partial charge in [0.1, 0.15) is 0 Å². The Kier molecular flexibility index (Phi) is 3070. The smallest absolute Gasteiger partial charge is 0 e. The average Bonchev–Trinajstić information content (AvgIpc) is 0. The molecule has 54 heteroatoms. The summed E-state index contributed by atoms with van der Waals surface area (Å²) in [6.07, 6.45) is 0. The molecular weight excluding hydrogens is 4810 g/mol. The molecule has 55 heavy (non-hydrogen) atoms. The Labute approximate surface area is 1700 Å². The molecule has 0 saturated heterocycles. The van der Waals surface area contributed by atoms with Crippen LogP contribution in [-0.2, 0) is 1770 Å². The van der Waals surface area contributed by atoms with Crippen molar-refractivity contribution in [2.45, 2.75) is 0 Å². The van der Waals surface area contributed by atoms with Crippen LogP contribution in [0.5, 0.6) is 0 Å². The van der Waals surface area contributed by atoms with Crippen LogP contribution in [0.25, 0.3) is 0 Å². The van der Waals surface area contributed by atoms with E-state index in [1.54, 1.807) is 0 Å². The minimum absolute atomic E-state index is 0. The Morgan fingerprint density at radius 2 is 0.0364 bits per heavy atom. The molecule has 0 aliphatic heterocycles. The van der Waals surface area contributed by atoms with Crippen LogP contribution in [0.2, 0.25) is 0 Å². The van der Waals surface area contributed by atoms with Crippen LogP contribution in [-0.4, -0.2) is 0 Å². The summed E-state index contributed by atoms with van der Waals surface area (Å²) in [5.41, 5.74) is 0. The zero-order valence-electron chi connectivity index (χ0n) is 32.2. The van der Waals surface area contributed by atoms with Crippen LogP contribution in [0.1, 0.15) is 0 Å². The number of hydrogen-bond donors (Lipinski definition) is 0. The maximum Gasteiger partial charge on any atom is 0 e. The van der Waals surface area contributed by atoms with E-state index >= 15 is 0 Å². The van der Waals surface area contributed by atoms with Crippen molar-refractivity contribution in [2.75, 3.05) is 0 Å². The summed E-state index contributed by atoms with van der Waals surface area (Å²) in [7, 11) is 0. The second kappa shape index (κ2) is 405. The van der Waals surface area contributed by atoms with E-state index in [9.17, 15) is 0 Å². The molecule has 0 atom stereocenters. The van der Waals surface area contributed by atoms with E-state index in [1.165, 1.54) is 0 Å². The predicted octanol–water partition coefficient (Wildman–Crippen LogP) is 0.315. The zero-order chi connectivity index (χ0) is 0. The van der Waals surface area contributed by atoms with Gasteiger partial charge in [-0.25, -0.2) is 0 Å². The van der Waals surface area contributed by atoms with E-state index in [0.717, 1.165) is 0 Å². The third kappa shape index (κ3) is 398. The van der Waals surface area contributed by atoms with Crippen LogP contribution in [0.15, 0.2) is 0 Å². The van der Waals surface area contributed by atoms with E-state index < -0.39 is 0 Å². The van der Waals surface area contributed by atoms with Gasteiger partial charge >= 0.3 is 0 Å². The Balaban J connectivity index is 0. The third-order valence-electron chi connectivity index (χ3n) is 0. The second-order valence-corrected chi connectivity index (χ2v) is 0. The summed E-state index contributed by atoms with van der Waals surface area (Å²) in [4.78, 5) is 0. The minimum atomic E-state index is 0. The van der Waals surface area contributed by atoms with Crippen molar-refractivity contribution >= 4 is 0 Å². The fraction of sp³-hybridized carbons (Fsp3) is 0. The topological polar surface area (TPSA) is 0 Å². The first-order valence-corrected chi connectivity index (χ1v) is 0. The molecule has 170 valence electrons. The Bertz CT molecular complexity index is 7.21. The van der Waals surface area contributed by atoms with E-state index in [4.69, 9.17) is 0 Å². The fourth-order valence-corrected chi connectivity index (χ4v) is 0. The van der Waals surface area contributed by atoms with Gasteiger partial charge in [-0.2, -0.15) is 0 Å². The molecular formula is CH3Y54-. The normalized spacial score (nSPS) is 0. The molecule has 0 nitrogen and oxygen atoms in total. The van der Waals surface area contributed by atoms with Crippen molar-refractivity contribution in [2.24, 2.45) is 0 Å². The molecule has 0 heterocycles. The maximum absolute atomic E-state index is 0. The van der Waals surface area contributed by atoms with E-state index in [0.29, 0.717) is 0 Å². The average molecular weight is 4820 g/mol. The third-order valence-corrected chi connectivity index (χ3v) is 0. The summed E-state index contributed by atoms with van der Waals surface area (Å²) in [5.74, 6) is 0. The molecule has 54 radical (unpaired) electrons. The Morgan fingerprint density at radius 3 is 0.0364 bits per heavy atom. The van der Waals surface area contributed by atoms with Gasteiger partial charge in [-0.05, 0) is 0 Å². The monoisotopic (exact) mass is 4820 g/mol. The van der Waals surface area contributed by atoms with Crippen molar-refractivity contribution in [1.29, 1.82) is 0 Å².